The van der Waals surface area contributed by atoms with Crippen molar-refractivity contribution in [3.63, 3.8) is 0 Å². The number of amides is 2. The van der Waals surface area contributed by atoms with Gasteiger partial charge in [-0.15, -0.1) is 0 Å². The average molecular weight is 608 g/mol. The van der Waals surface area contributed by atoms with Crippen LogP contribution in [0.2, 0.25) is 0 Å². The molecule has 0 aromatic heterocycles. The molecular weight excluding hydrogens is 570 g/mol. The molecule has 0 unspecified atom stereocenters. The minimum Gasteiger partial charge on any atom is -0.484 e. The highest BCUT2D eigenvalue weighted by Crippen LogP contribution is 2.25. The van der Waals surface area contributed by atoms with E-state index in [1.165, 1.54) is 33.5 Å². The van der Waals surface area contributed by atoms with E-state index in [9.17, 15) is 18.0 Å². The molecule has 3 aromatic rings. The van der Waals surface area contributed by atoms with E-state index < -0.39 is 22.0 Å². The lowest BCUT2D eigenvalue weighted by molar-refractivity contribution is -0.143. The van der Waals surface area contributed by atoms with Gasteiger partial charge in [-0.3, -0.25) is 9.59 Å². The first-order chi connectivity index (χ1) is 20.9. The predicted octanol–water partition coefficient (Wildman–Crippen LogP) is 3.15. The lowest BCUT2D eigenvalue weighted by Gasteiger charge is -2.32. The summed E-state index contributed by atoms with van der Waals surface area (Å²) >= 11 is 0. The standard InChI is InChI=1S/C32H37N3O7S/c36-30(24-42-27-13-15-29(16-14-27)43(38,39)34-17-20-40-21-18-34)35(23-25-8-3-1-4-9-25)31(26-10-5-2-6-11-26)32(37)33-22-28-12-7-19-41-28/h1-6,8-11,13-16,28,31H,7,12,17-24H2,(H,33,37)/t28-,31-/m0/s1. The number of nitrogens with one attached hydrogen (secondary N) is 1. The molecule has 5 rings (SSSR count). The highest BCUT2D eigenvalue weighted by atomic mass is 32.2. The Bertz CT molecular complexity index is 1440. The van der Waals surface area contributed by atoms with Crippen LogP contribution in [0, 0.1) is 0 Å². The summed E-state index contributed by atoms with van der Waals surface area (Å²) in [4.78, 5) is 29.2. The van der Waals surface area contributed by atoms with Crippen molar-refractivity contribution in [2.75, 3.05) is 46.1 Å². The highest BCUT2D eigenvalue weighted by molar-refractivity contribution is 7.89. The maximum atomic E-state index is 13.8. The zero-order valence-electron chi connectivity index (χ0n) is 24.0. The number of ether oxygens (including phenoxy) is 3. The number of rotatable bonds is 12. The first kappa shape index (κ1) is 30.7. The van der Waals surface area contributed by atoms with Gasteiger partial charge in [0.25, 0.3) is 5.91 Å². The topological polar surface area (TPSA) is 114 Å². The number of benzene rings is 3. The maximum absolute atomic E-state index is 13.8. The van der Waals surface area contributed by atoms with E-state index in [4.69, 9.17) is 14.2 Å². The molecule has 2 atom stereocenters. The molecule has 0 aliphatic carbocycles. The zero-order valence-corrected chi connectivity index (χ0v) is 24.8. The Hall–Kier alpha value is -3.77. The lowest BCUT2D eigenvalue weighted by Crippen LogP contribution is -2.46. The number of sulfonamides is 1. The molecule has 228 valence electrons. The fourth-order valence-corrected chi connectivity index (χ4v) is 6.61. The molecule has 0 radical (unpaired) electrons. The molecule has 43 heavy (non-hydrogen) atoms. The Morgan fingerprint density at radius 2 is 1.60 bits per heavy atom. The first-order valence-electron chi connectivity index (χ1n) is 14.5. The second-order valence-corrected chi connectivity index (χ2v) is 12.4. The van der Waals surface area contributed by atoms with E-state index in [0.29, 0.717) is 50.8 Å². The third kappa shape index (κ3) is 7.99. The fourth-order valence-electron chi connectivity index (χ4n) is 5.20. The minimum atomic E-state index is -3.65. The van der Waals surface area contributed by atoms with Crippen LogP contribution < -0.4 is 10.1 Å². The van der Waals surface area contributed by atoms with Gasteiger partial charge in [0.05, 0.1) is 24.2 Å². The molecule has 2 aliphatic heterocycles. The van der Waals surface area contributed by atoms with Crippen LogP contribution in [0.3, 0.4) is 0 Å². The number of hydrogen-bond acceptors (Lipinski definition) is 7. The molecular formula is C32H37N3O7S. The quantitative estimate of drug-likeness (QED) is 0.337. The van der Waals surface area contributed by atoms with Gasteiger partial charge in [0.15, 0.2) is 6.61 Å². The van der Waals surface area contributed by atoms with E-state index in [-0.39, 0.29) is 30.1 Å². The van der Waals surface area contributed by atoms with Crippen molar-refractivity contribution in [1.82, 2.24) is 14.5 Å². The molecule has 2 aliphatic rings. The van der Waals surface area contributed by atoms with Crippen LogP contribution in [0.5, 0.6) is 5.75 Å². The zero-order chi connectivity index (χ0) is 30.1. The third-order valence-corrected chi connectivity index (χ3v) is 9.43. The Morgan fingerprint density at radius 1 is 0.930 bits per heavy atom. The molecule has 11 heteroatoms. The van der Waals surface area contributed by atoms with Crippen LogP contribution in [0.1, 0.15) is 30.0 Å². The molecule has 2 fully saturated rings. The van der Waals surface area contributed by atoms with Gasteiger partial charge in [-0.1, -0.05) is 60.7 Å². The van der Waals surface area contributed by atoms with Crippen molar-refractivity contribution in [2.45, 2.75) is 36.4 Å². The molecule has 2 saturated heterocycles. The van der Waals surface area contributed by atoms with E-state index >= 15 is 0 Å². The average Bonchev–Trinajstić information content (AvgIpc) is 3.58. The molecule has 2 amide bonds. The summed E-state index contributed by atoms with van der Waals surface area (Å²) in [5.74, 6) is -0.355. The molecule has 3 aromatic carbocycles. The molecule has 0 bridgehead atoms. The summed E-state index contributed by atoms with van der Waals surface area (Å²) in [6, 6.07) is 23.8. The highest BCUT2D eigenvalue weighted by Gasteiger charge is 2.33. The lowest BCUT2D eigenvalue weighted by atomic mass is 10.0. The number of morpholine rings is 1. The van der Waals surface area contributed by atoms with Gasteiger partial charge in [0.1, 0.15) is 11.8 Å². The van der Waals surface area contributed by atoms with Crippen molar-refractivity contribution in [2.24, 2.45) is 0 Å². The molecule has 0 spiro atoms. The van der Waals surface area contributed by atoms with Gasteiger partial charge in [0, 0.05) is 32.8 Å². The Kier molecular flexibility index (Phi) is 10.4. The van der Waals surface area contributed by atoms with Crippen molar-refractivity contribution in [3.8, 4) is 5.75 Å². The van der Waals surface area contributed by atoms with E-state index in [1.54, 1.807) is 0 Å². The summed E-state index contributed by atoms with van der Waals surface area (Å²) in [5.41, 5.74) is 1.54. The molecule has 2 heterocycles. The van der Waals surface area contributed by atoms with Gasteiger partial charge in [-0.05, 0) is 48.2 Å². The van der Waals surface area contributed by atoms with Crippen LogP contribution in [-0.4, -0.2) is 81.6 Å². The van der Waals surface area contributed by atoms with Gasteiger partial charge < -0.3 is 24.4 Å². The van der Waals surface area contributed by atoms with Crippen LogP contribution in [0.25, 0.3) is 0 Å². The minimum absolute atomic E-state index is 0.0444. The third-order valence-electron chi connectivity index (χ3n) is 7.51. The summed E-state index contributed by atoms with van der Waals surface area (Å²) < 4.78 is 44.1. The summed E-state index contributed by atoms with van der Waals surface area (Å²) in [7, 11) is -3.65. The molecule has 0 saturated carbocycles. The van der Waals surface area contributed by atoms with Gasteiger partial charge in [0.2, 0.25) is 15.9 Å². The smallest absolute Gasteiger partial charge is 0.261 e. The van der Waals surface area contributed by atoms with Crippen molar-refractivity contribution >= 4 is 21.8 Å². The van der Waals surface area contributed by atoms with Crippen LogP contribution in [0.4, 0.5) is 0 Å². The van der Waals surface area contributed by atoms with Gasteiger partial charge in [-0.2, -0.15) is 4.31 Å². The normalized spacial score (nSPS) is 18.1. The van der Waals surface area contributed by atoms with Crippen LogP contribution >= 0.6 is 0 Å². The molecule has 10 nitrogen and oxygen atoms in total. The van der Waals surface area contributed by atoms with Crippen molar-refractivity contribution in [3.05, 3.63) is 96.1 Å². The van der Waals surface area contributed by atoms with Crippen molar-refractivity contribution in [1.29, 1.82) is 0 Å². The largest absolute Gasteiger partial charge is 0.484 e. The number of carbonyl (C=O) groups is 2. The fraction of sp³-hybridized carbons (Fsp3) is 0.375. The second-order valence-electron chi connectivity index (χ2n) is 10.5. The van der Waals surface area contributed by atoms with Crippen molar-refractivity contribution < 1.29 is 32.2 Å². The van der Waals surface area contributed by atoms with E-state index in [0.717, 1.165) is 18.4 Å². The van der Waals surface area contributed by atoms with E-state index in [1.807, 2.05) is 60.7 Å². The Balaban J connectivity index is 1.33. The maximum Gasteiger partial charge on any atom is 0.261 e. The van der Waals surface area contributed by atoms with Gasteiger partial charge in [-0.25, -0.2) is 8.42 Å². The first-order valence-corrected chi connectivity index (χ1v) is 15.9. The molecule has 1 N–H and O–H groups in total. The monoisotopic (exact) mass is 607 g/mol. The van der Waals surface area contributed by atoms with Crippen LogP contribution in [0.15, 0.2) is 89.8 Å². The summed E-state index contributed by atoms with van der Waals surface area (Å²) in [6.07, 6.45) is 1.79. The van der Waals surface area contributed by atoms with Gasteiger partial charge >= 0.3 is 0 Å². The Morgan fingerprint density at radius 3 is 2.26 bits per heavy atom. The SMILES string of the molecule is O=C(NC[C@@H]1CCCO1)[C@H](c1ccccc1)N(Cc1ccccc1)C(=O)COc1ccc(S(=O)(=O)N2CCOCC2)cc1. The summed E-state index contributed by atoms with van der Waals surface area (Å²) in [5, 5.41) is 3.00. The summed E-state index contributed by atoms with van der Waals surface area (Å²) in [6.45, 7) is 2.21. The van der Waals surface area contributed by atoms with Crippen LogP contribution in [-0.2, 0) is 35.6 Å². The number of carbonyl (C=O) groups excluding carboxylic acids is 2. The Labute approximate surface area is 252 Å². The number of hydrogen-bond donors (Lipinski definition) is 1. The van der Waals surface area contributed by atoms with E-state index in [2.05, 4.69) is 5.32 Å². The number of nitrogens with zero attached hydrogens (tertiary/aromatic N) is 2. The predicted molar refractivity (Wildman–Crippen MR) is 160 cm³/mol. The second kappa shape index (κ2) is 14.6.